The molecule has 7 heteroatoms. The molecule has 15 heavy (non-hydrogen) atoms. The average Bonchev–Trinajstić information content (AvgIpc) is 2.65. The van der Waals surface area contributed by atoms with E-state index in [0.29, 0.717) is 5.69 Å². The van der Waals surface area contributed by atoms with Gasteiger partial charge >= 0.3 is 12.0 Å². The number of anilines is 1. The lowest BCUT2D eigenvalue weighted by molar-refractivity contribution is -0.141. The van der Waals surface area contributed by atoms with Crippen LogP contribution in [0.4, 0.5) is 10.5 Å². The van der Waals surface area contributed by atoms with Crippen LogP contribution in [0.25, 0.3) is 0 Å². The Labute approximate surface area is 86.4 Å². The molecule has 1 aromatic heterocycles. The van der Waals surface area contributed by atoms with Crippen molar-refractivity contribution in [2.45, 2.75) is 6.54 Å². The molecular weight excluding hydrogens is 200 g/mol. The van der Waals surface area contributed by atoms with Crippen molar-refractivity contribution < 1.29 is 14.3 Å². The van der Waals surface area contributed by atoms with Gasteiger partial charge in [0.2, 0.25) is 0 Å². The number of rotatable bonds is 3. The summed E-state index contributed by atoms with van der Waals surface area (Å²) < 4.78 is 5.84. The lowest BCUT2D eigenvalue weighted by Crippen LogP contribution is -2.24. The topological polar surface area (TPSA) is 85.3 Å². The molecule has 0 saturated carbocycles. The molecule has 0 saturated heterocycles. The molecule has 7 nitrogen and oxygen atoms in total. The lowest BCUT2D eigenvalue weighted by atomic mass is 10.5. The fraction of sp³-hybridized carbons (Fsp3) is 0.375. The van der Waals surface area contributed by atoms with Crippen LogP contribution in [-0.4, -0.2) is 35.9 Å². The number of aromatic nitrogens is 2. The summed E-state index contributed by atoms with van der Waals surface area (Å²) in [5.74, 6) is -0.399. The summed E-state index contributed by atoms with van der Waals surface area (Å²) in [6.07, 6.45) is 2.98. The van der Waals surface area contributed by atoms with Gasteiger partial charge in [0.05, 0.1) is 19.0 Å². The number of ether oxygens (including phenoxy) is 1. The van der Waals surface area contributed by atoms with Gasteiger partial charge in [0, 0.05) is 13.2 Å². The Balaban J connectivity index is 2.56. The molecule has 0 aliphatic carbocycles. The van der Waals surface area contributed by atoms with E-state index in [1.54, 1.807) is 0 Å². The number of amides is 2. The van der Waals surface area contributed by atoms with Crippen LogP contribution in [-0.2, 0) is 16.1 Å². The van der Waals surface area contributed by atoms with Crippen LogP contribution in [0.1, 0.15) is 0 Å². The molecule has 0 aromatic carbocycles. The third kappa shape index (κ3) is 3.29. The third-order valence-electron chi connectivity index (χ3n) is 1.64. The summed E-state index contributed by atoms with van der Waals surface area (Å²) in [6, 6.07) is -0.340. The molecule has 2 amide bonds. The maximum Gasteiger partial charge on any atom is 0.327 e. The first-order chi connectivity index (χ1) is 7.15. The Morgan fingerprint density at radius 3 is 2.93 bits per heavy atom. The first-order valence-corrected chi connectivity index (χ1v) is 4.23. The van der Waals surface area contributed by atoms with Gasteiger partial charge in [-0.25, -0.2) is 4.79 Å². The Morgan fingerprint density at radius 1 is 1.60 bits per heavy atom. The van der Waals surface area contributed by atoms with Crippen LogP contribution in [0, 0.1) is 0 Å². The van der Waals surface area contributed by atoms with E-state index in [2.05, 4.69) is 20.5 Å². The van der Waals surface area contributed by atoms with E-state index in [0.717, 1.165) is 0 Å². The highest BCUT2D eigenvalue weighted by molar-refractivity contribution is 5.88. The van der Waals surface area contributed by atoms with Crippen molar-refractivity contribution >= 4 is 17.7 Å². The number of methoxy groups -OCH3 is 1. The zero-order valence-electron chi connectivity index (χ0n) is 8.48. The predicted octanol–water partition coefficient (Wildman–Crippen LogP) is -0.193. The van der Waals surface area contributed by atoms with E-state index in [4.69, 9.17) is 0 Å². The number of urea groups is 1. The number of esters is 1. The molecule has 0 atom stereocenters. The van der Waals surface area contributed by atoms with Crippen molar-refractivity contribution in [1.82, 2.24) is 15.1 Å². The lowest BCUT2D eigenvalue weighted by Gasteiger charge is -2.00. The first-order valence-electron chi connectivity index (χ1n) is 4.23. The van der Waals surface area contributed by atoms with Crippen molar-refractivity contribution in [3.8, 4) is 0 Å². The predicted molar refractivity (Wildman–Crippen MR) is 52.3 cm³/mol. The Bertz CT molecular complexity index is 328. The number of nitrogens with zero attached hydrogens (tertiary/aromatic N) is 2. The van der Waals surface area contributed by atoms with Gasteiger partial charge in [-0.15, -0.1) is 0 Å². The molecular formula is C8H12N4O3. The Hall–Kier alpha value is -2.05. The van der Waals surface area contributed by atoms with Gasteiger partial charge in [0.25, 0.3) is 0 Å². The molecule has 1 heterocycles. The van der Waals surface area contributed by atoms with Crippen molar-refractivity contribution in [1.29, 1.82) is 0 Å². The molecule has 1 aromatic rings. The standard InChI is InChI=1S/C8H12N4O3/c1-9-8(14)11-6-3-10-12(4-6)5-7(13)15-2/h3-4H,5H2,1-2H3,(H2,9,11,14). The van der Waals surface area contributed by atoms with Gasteiger partial charge in [-0.05, 0) is 0 Å². The molecule has 0 radical (unpaired) electrons. The summed E-state index contributed by atoms with van der Waals surface area (Å²) in [5, 5.41) is 8.78. The van der Waals surface area contributed by atoms with Gasteiger partial charge in [0.1, 0.15) is 6.54 Å². The van der Waals surface area contributed by atoms with E-state index in [-0.39, 0.29) is 12.6 Å². The van der Waals surface area contributed by atoms with Crippen LogP contribution in [0.15, 0.2) is 12.4 Å². The van der Waals surface area contributed by atoms with E-state index < -0.39 is 5.97 Å². The van der Waals surface area contributed by atoms with E-state index in [1.165, 1.54) is 31.2 Å². The smallest absolute Gasteiger partial charge is 0.327 e. The van der Waals surface area contributed by atoms with Crippen molar-refractivity contribution in [2.75, 3.05) is 19.5 Å². The van der Waals surface area contributed by atoms with Crippen LogP contribution < -0.4 is 10.6 Å². The number of carbonyl (C=O) groups is 2. The second-order valence-corrected chi connectivity index (χ2v) is 2.71. The van der Waals surface area contributed by atoms with Crippen LogP contribution in [0.3, 0.4) is 0 Å². The fourth-order valence-corrected chi connectivity index (χ4v) is 0.905. The van der Waals surface area contributed by atoms with Gasteiger partial charge in [-0.3, -0.25) is 9.48 Å². The minimum absolute atomic E-state index is 0.0198. The van der Waals surface area contributed by atoms with Crippen LogP contribution >= 0.6 is 0 Å². The van der Waals surface area contributed by atoms with E-state index >= 15 is 0 Å². The highest BCUT2D eigenvalue weighted by atomic mass is 16.5. The Kier molecular flexibility index (Phi) is 3.67. The van der Waals surface area contributed by atoms with Gasteiger partial charge < -0.3 is 15.4 Å². The number of hydrogen-bond donors (Lipinski definition) is 2. The van der Waals surface area contributed by atoms with Crippen molar-refractivity contribution in [2.24, 2.45) is 0 Å². The molecule has 1 rings (SSSR count). The third-order valence-corrected chi connectivity index (χ3v) is 1.64. The summed E-state index contributed by atoms with van der Waals surface area (Å²) in [4.78, 5) is 21.8. The molecule has 0 unspecified atom stereocenters. The maximum atomic E-state index is 10.9. The number of carbonyl (C=O) groups excluding carboxylic acids is 2. The number of nitrogens with one attached hydrogen (secondary N) is 2. The zero-order chi connectivity index (χ0) is 11.3. The molecule has 0 fully saturated rings. The second-order valence-electron chi connectivity index (χ2n) is 2.71. The van der Waals surface area contributed by atoms with E-state index in [1.807, 2.05) is 0 Å². The molecule has 2 N–H and O–H groups in total. The van der Waals surface area contributed by atoms with Crippen LogP contribution in [0.5, 0.6) is 0 Å². The summed E-state index contributed by atoms with van der Waals surface area (Å²) in [7, 11) is 2.81. The minimum Gasteiger partial charge on any atom is -0.468 e. The SMILES string of the molecule is CNC(=O)Nc1cnn(CC(=O)OC)c1. The van der Waals surface area contributed by atoms with Crippen LogP contribution in [0.2, 0.25) is 0 Å². The normalized spacial score (nSPS) is 9.47. The maximum absolute atomic E-state index is 10.9. The van der Waals surface area contributed by atoms with Gasteiger partial charge in [0.15, 0.2) is 0 Å². The van der Waals surface area contributed by atoms with Gasteiger partial charge in [-0.2, -0.15) is 5.10 Å². The first kappa shape index (κ1) is 11.0. The minimum atomic E-state index is -0.399. The van der Waals surface area contributed by atoms with Crippen molar-refractivity contribution in [3.05, 3.63) is 12.4 Å². The molecule has 82 valence electrons. The highest BCUT2D eigenvalue weighted by Gasteiger charge is 2.05. The highest BCUT2D eigenvalue weighted by Crippen LogP contribution is 2.04. The van der Waals surface area contributed by atoms with Crippen molar-refractivity contribution in [3.63, 3.8) is 0 Å². The summed E-state index contributed by atoms with van der Waals surface area (Å²) >= 11 is 0. The number of hydrogen-bond acceptors (Lipinski definition) is 4. The summed E-state index contributed by atoms with van der Waals surface area (Å²) in [6.45, 7) is 0.0198. The molecule has 0 aliphatic heterocycles. The molecule has 0 aliphatic rings. The molecule has 0 bridgehead atoms. The second kappa shape index (κ2) is 4.99. The average molecular weight is 212 g/mol. The largest absolute Gasteiger partial charge is 0.468 e. The van der Waals surface area contributed by atoms with Gasteiger partial charge in [-0.1, -0.05) is 0 Å². The summed E-state index contributed by atoms with van der Waals surface area (Å²) in [5.41, 5.74) is 0.512. The molecule has 0 spiro atoms. The fourth-order valence-electron chi connectivity index (χ4n) is 0.905. The monoisotopic (exact) mass is 212 g/mol. The zero-order valence-corrected chi connectivity index (χ0v) is 8.48. The quantitative estimate of drug-likeness (QED) is 0.680. The van der Waals surface area contributed by atoms with E-state index in [9.17, 15) is 9.59 Å². The Morgan fingerprint density at radius 2 is 2.33 bits per heavy atom.